The molecule has 1 aromatic rings. The summed E-state index contributed by atoms with van der Waals surface area (Å²) in [6.07, 6.45) is 2.01. The van der Waals surface area contributed by atoms with Crippen LogP contribution in [0.15, 0.2) is 16.5 Å². The summed E-state index contributed by atoms with van der Waals surface area (Å²) in [5, 5.41) is 11.9. The van der Waals surface area contributed by atoms with Gasteiger partial charge in [0.05, 0.1) is 0 Å². The van der Waals surface area contributed by atoms with Gasteiger partial charge >= 0.3 is 5.97 Å². The number of rotatable bonds is 4. The van der Waals surface area contributed by atoms with Crippen molar-refractivity contribution in [2.24, 2.45) is 5.41 Å². The van der Waals surface area contributed by atoms with Crippen LogP contribution in [0.3, 0.4) is 0 Å². The van der Waals surface area contributed by atoms with Crippen molar-refractivity contribution in [1.82, 2.24) is 0 Å². The minimum atomic E-state index is -1.05. The molecule has 1 saturated heterocycles. The molecule has 0 atom stereocenters. The Morgan fingerprint density at radius 1 is 1.47 bits per heavy atom. The molecule has 1 aliphatic heterocycles. The molecule has 1 aliphatic rings. The van der Waals surface area contributed by atoms with Crippen molar-refractivity contribution >= 4 is 11.9 Å². The van der Waals surface area contributed by atoms with E-state index in [9.17, 15) is 4.79 Å². The zero-order valence-corrected chi connectivity index (χ0v) is 9.86. The Morgan fingerprint density at radius 2 is 2.18 bits per heavy atom. The highest BCUT2D eigenvalue weighted by atomic mass is 16.5. The average Bonchev–Trinajstić information content (AvgIpc) is 2.76. The number of carboxylic acid groups (broad SMARTS) is 1. The minimum Gasteiger partial charge on any atom is -0.475 e. The summed E-state index contributed by atoms with van der Waals surface area (Å²) in [7, 11) is 0. The first-order chi connectivity index (χ1) is 8.09. The number of furan rings is 1. The van der Waals surface area contributed by atoms with Crippen molar-refractivity contribution in [2.45, 2.75) is 19.8 Å². The lowest BCUT2D eigenvalue weighted by molar-refractivity contribution is 0.0298. The number of nitrogens with one attached hydrogen (secondary N) is 1. The van der Waals surface area contributed by atoms with E-state index in [0.717, 1.165) is 32.6 Å². The van der Waals surface area contributed by atoms with Gasteiger partial charge in [-0.25, -0.2) is 4.79 Å². The van der Waals surface area contributed by atoms with Crippen molar-refractivity contribution in [1.29, 1.82) is 0 Å². The zero-order valence-electron chi connectivity index (χ0n) is 9.86. The normalized spacial score (nSPS) is 18.9. The molecule has 0 radical (unpaired) electrons. The second-order valence-corrected chi connectivity index (χ2v) is 4.75. The number of anilines is 1. The van der Waals surface area contributed by atoms with Crippen LogP contribution in [0.1, 0.15) is 30.3 Å². The van der Waals surface area contributed by atoms with Gasteiger partial charge in [0, 0.05) is 25.8 Å². The molecule has 17 heavy (non-hydrogen) atoms. The van der Waals surface area contributed by atoms with Crippen LogP contribution in [0.25, 0.3) is 0 Å². The molecule has 0 spiro atoms. The Kier molecular flexibility index (Phi) is 3.38. The maximum absolute atomic E-state index is 10.6. The summed E-state index contributed by atoms with van der Waals surface area (Å²) >= 11 is 0. The van der Waals surface area contributed by atoms with E-state index >= 15 is 0 Å². The Labute approximate surface area is 99.8 Å². The van der Waals surface area contributed by atoms with Crippen molar-refractivity contribution in [3.05, 3.63) is 17.9 Å². The topological polar surface area (TPSA) is 71.7 Å². The molecule has 2 heterocycles. The molecule has 2 N–H and O–H groups in total. The molecule has 0 bridgehead atoms. The Hall–Kier alpha value is -1.49. The molecular formula is C12H17NO4. The Bertz CT molecular complexity index is 393. The third kappa shape index (κ3) is 3.00. The number of ether oxygens (including phenoxy) is 1. The van der Waals surface area contributed by atoms with Crippen molar-refractivity contribution < 1.29 is 19.1 Å². The number of carbonyl (C=O) groups is 1. The van der Waals surface area contributed by atoms with Gasteiger partial charge in [-0.05, 0) is 24.3 Å². The SMILES string of the molecule is CC1(CNc2ccc(C(=O)O)o2)CCOCC1. The van der Waals surface area contributed by atoms with Gasteiger partial charge in [-0.2, -0.15) is 0 Å². The second kappa shape index (κ2) is 4.79. The maximum atomic E-state index is 10.6. The van der Waals surface area contributed by atoms with E-state index in [-0.39, 0.29) is 11.2 Å². The monoisotopic (exact) mass is 239 g/mol. The highest BCUT2D eigenvalue weighted by molar-refractivity contribution is 5.84. The van der Waals surface area contributed by atoms with Gasteiger partial charge in [0.2, 0.25) is 5.76 Å². The predicted octanol–water partition coefficient (Wildman–Crippen LogP) is 2.21. The average molecular weight is 239 g/mol. The van der Waals surface area contributed by atoms with Crippen LogP contribution in [0.5, 0.6) is 0 Å². The first kappa shape index (κ1) is 12.0. The lowest BCUT2D eigenvalue weighted by Crippen LogP contribution is -2.33. The Balaban J connectivity index is 1.90. The molecule has 94 valence electrons. The first-order valence-corrected chi connectivity index (χ1v) is 5.74. The van der Waals surface area contributed by atoms with Crippen LogP contribution < -0.4 is 5.32 Å². The summed E-state index contributed by atoms with van der Waals surface area (Å²) < 4.78 is 10.5. The van der Waals surface area contributed by atoms with Crippen molar-refractivity contribution in [3.8, 4) is 0 Å². The number of hydrogen-bond donors (Lipinski definition) is 2. The predicted molar refractivity (Wildman–Crippen MR) is 62.3 cm³/mol. The van der Waals surface area contributed by atoms with Crippen LogP contribution in [-0.4, -0.2) is 30.8 Å². The summed E-state index contributed by atoms with van der Waals surface area (Å²) in [4.78, 5) is 10.6. The standard InChI is InChI=1S/C12H17NO4/c1-12(4-6-16-7-5-12)8-13-10-3-2-9(17-10)11(14)15/h2-3,13H,4-8H2,1H3,(H,14,15). The smallest absolute Gasteiger partial charge is 0.371 e. The summed E-state index contributed by atoms with van der Waals surface area (Å²) in [6.45, 7) is 4.54. The van der Waals surface area contributed by atoms with Gasteiger partial charge in [-0.15, -0.1) is 0 Å². The van der Waals surface area contributed by atoms with Crippen LogP contribution >= 0.6 is 0 Å². The molecule has 0 saturated carbocycles. The lowest BCUT2D eigenvalue weighted by Gasteiger charge is -2.33. The van der Waals surface area contributed by atoms with E-state index in [2.05, 4.69) is 12.2 Å². The molecule has 2 rings (SSSR count). The summed E-state index contributed by atoms with van der Waals surface area (Å²) in [6, 6.07) is 3.10. The van der Waals surface area contributed by atoms with E-state index in [4.69, 9.17) is 14.3 Å². The molecule has 0 aromatic carbocycles. The van der Waals surface area contributed by atoms with Gasteiger partial charge in [0.25, 0.3) is 0 Å². The molecule has 1 fully saturated rings. The van der Waals surface area contributed by atoms with Crippen molar-refractivity contribution in [2.75, 3.05) is 25.1 Å². The summed E-state index contributed by atoms with van der Waals surface area (Å²) in [5.74, 6) is -0.574. The highest BCUT2D eigenvalue weighted by Crippen LogP contribution is 2.30. The third-order valence-electron chi connectivity index (χ3n) is 3.21. The van der Waals surface area contributed by atoms with Crippen LogP contribution in [0.2, 0.25) is 0 Å². The molecule has 0 unspecified atom stereocenters. The van der Waals surface area contributed by atoms with E-state index < -0.39 is 5.97 Å². The molecule has 5 heteroatoms. The van der Waals surface area contributed by atoms with Crippen LogP contribution in [-0.2, 0) is 4.74 Å². The fraction of sp³-hybridized carbons (Fsp3) is 0.583. The van der Waals surface area contributed by atoms with Crippen molar-refractivity contribution in [3.63, 3.8) is 0 Å². The first-order valence-electron chi connectivity index (χ1n) is 5.74. The number of carboxylic acids is 1. The molecular weight excluding hydrogens is 222 g/mol. The zero-order chi connectivity index (χ0) is 12.3. The van der Waals surface area contributed by atoms with Gasteiger partial charge in [-0.1, -0.05) is 6.92 Å². The summed E-state index contributed by atoms with van der Waals surface area (Å²) in [5.41, 5.74) is 0.189. The van der Waals surface area contributed by atoms with Gasteiger partial charge < -0.3 is 19.6 Å². The van der Waals surface area contributed by atoms with Crippen LogP contribution in [0.4, 0.5) is 5.88 Å². The van der Waals surface area contributed by atoms with Gasteiger partial charge in [-0.3, -0.25) is 0 Å². The molecule has 0 aliphatic carbocycles. The third-order valence-corrected chi connectivity index (χ3v) is 3.21. The minimum absolute atomic E-state index is 0.0374. The van der Waals surface area contributed by atoms with Gasteiger partial charge in [0.15, 0.2) is 5.88 Å². The van der Waals surface area contributed by atoms with Gasteiger partial charge in [0.1, 0.15) is 0 Å². The van der Waals surface area contributed by atoms with E-state index in [0.29, 0.717) is 5.88 Å². The molecule has 5 nitrogen and oxygen atoms in total. The lowest BCUT2D eigenvalue weighted by atomic mass is 9.82. The molecule has 0 amide bonds. The van der Waals surface area contributed by atoms with Crippen LogP contribution in [0, 0.1) is 5.41 Å². The maximum Gasteiger partial charge on any atom is 0.371 e. The number of hydrogen-bond acceptors (Lipinski definition) is 4. The van der Waals surface area contributed by atoms with E-state index in [1.165, 1.54) is 6.07 Å². The fourth-order valence-corrected chi connectivity index (χ4v) is 1.89. The largest absolute Gasteiger partial charge is 0.475 e. The second-order valence-electron chi connectivity index (χ2n) is 4.75. The Morgan fingerprint density at radius 3 is 2.76 bits per heavy atom. The van der Waals surface area contributed by atoms with E-state index in [1.54, 1.807) is 6.07 Å². The quantitative estimate of drug-likeness (QED) is 0.842. The van der Waals surface area contributed by atoms with E-state index in [1.807, 2.05) is 0 Å². The highest BCUT2D eigenvalue weighted by Gasteiger charge is 2.27. The fourth-order valence-electron chi connectivity index (χ4n) is 1.89. The molecule has 1 aromatic heterocycles. The number of aromatic carboxylic acids is 1.